The second-order valence-electron chi connectivity index (χ2n) is 3.84. The van der Waals surface area contributed by atoms with Gasteiger partial charge in [0.15, 0.2) is 0 Å². The highest BCUT2D eigenvalue weighted by Gasteiger charge is 2.13. The average Bonchev–Trinajstić information content (AvgIpc) is 2.91. The Morgan fingerprint density at radius 2 is 2.00 bits per heavy atom. The molecular weight excluding hydrogens is 246 g/mol. The molecule has 0 aliphatic rings. The molecule has 0 aliphatic carbocycles. The number of carbonyl (C=O) groups is 2. The molecule has 0 fully saturated rings. The van der Waals surface area contributed by atoms with Crippen LogP contribution in [0.4, 0.5) is 5.69 Å². The van der Waals surface area contributed by atoms with Gasteiger partial charge in [-0.2, -0.15) is 0 Å². The summed E-state index contributed by atoms with van der Waals surface area (Å²) in [6.45, 7) is 0. The number of carbonyl (C=O) groups excluding carboxylic acids is 2. The number of methoxy groups -OCH3 is 1. The van der Waals surface area contributed by atoms with Crippen LogP contribution >= 0.6 is 0 Å². The second-order valence-corrected chi connectivity index (χ2v) is 3.84. The van der Waals surface area contributed by atoms with Crippen LogP contribution in [0.2, 0.25) is 0 Å². The first kappa shape index (κ1) is 12.9. The van der Waals surface area contributed by atoms with E-state index in [1.807, 2.05) is 0 Å². The molecule has 1 heterocycles. The smallest absolute Gasteiger partial charge is 0.339 e. The number of hydrogen-bond donors (Lipinski definition) is 1. The van der Waals surface area contributed by atoms with Crippen LogP contribution in [0, 0.1) is 0 Å². The van der Waals surface area contributed by atoms with Gasteiger partial charge >= 0.3 is 5.97 Å². The molecule has 0 atom stereocenters. The van der Waals surface area contributed by atoms with Crippen molar-refractivity contribution in [2.75, 3.05) is 12.4 Å². The highest BCUT2D eigenvalue weighted by molar-refractivity contribution is 6.01. The van der Waals surface area contributed by atoms with Crippen molar-refractivity contribution < 1.29 is 18.7 Å². The summed E-state index contributed by atoms with van der Waals surface area (Å²) in [5, 5.41) is 2.66. The quantitative estimate of drug-likeness (QED) is 0.855. The van der Waals surface area contributed by atoms with Gasteiger partial charge in [-0.3, -0.25) is 4.79 Å². The third-order valence-corrected chi connectivity index (χ3v) is 2.52. The predicted octanol–water partition coefficient (Wildman–Crippen LogP) is 2.25. The van der Waals surface area contributed by atoms with Gasteiger partial charge in [0, 0.05) is 0 Å². The lowest BCUT2D eigenvalue weighted by molar-refractivity contribution is -0.115. The fourth-order valence-corrected chi connectivity index (χ4v) is 1.65. The fraction of sp³-hybridized carbons (Fsp3) is 0.143. The Bertz CT molecular complexity index is 575. The molecule has 0 saturated carbocycles. The number of esters is 1. The highest BCUT2D eigenvalue weighted by atomic mass is 16.5. The van der Waals surface area contributed by atoms with Gasteiger partial charge in [-0.15, -0.1) is 0 Å². The molecule has 0 unspecified atom stereocenters. The van der Waals surface area contributed by atoms with E-state index in [0.717, 1.165) is 0 Å². The van der Waals surface area contributed by atoms with Crippen molar-refractivity contribution in [3.05, 3.63) is 54.0 Å². The second kappa shape index (κ2) is 5.86. The lowest BCUT2D eigenvalue weighted by Gasteiger charge is -2.08. The molecule has 19 heavy (non-hydrogen) atoms. The molecular formula is C14H13NO4. The number of para-hydroxylation sites is 1. The van der Waals surface area contributed by atoms with E-state index in [0.29, 0.717) is 17.0 Å². The monoisotopic (exact) mass is 259 g/mol. The van der Waals surface area contributed by atoms with Gasteiger partial charge in [0.2, 0.25) is 5.91 Å². The minimum Gasteiger partial charge on any atom is -0.469 e. The van der Waals surface area contributed by atoms with Crippen LogP contribution in [0.3, 0.4) is 0 Å². The minimum atomic E-state index is -0.492. The Balaban J connectivity index is 2.10. The van der Waals surface area contributed by atoms with Crippen molar-refractivity contribution in [1.29, 1.82) is 0 Å². The summed E-state index contributed by atoms with van der Waals surface area (Å²) in [6, 6.07) is 10.1. The van der Waals surface area contributed by atoms with E-state index in [1.165, 1.54) is 13.4 Å². The number of ether oxygens (including phenoxy) is 1. The summed E-state index contributed by atoms with van der Waals surface area (Å²) in [5.41, 5.74) is 0.740. The van der Waals surface area contributed by atoms with Crippen molar-refractivity contribution >= 4 is 17.6 Å². The largest absolute Gasteiger partial charge is 0.469 e. The third kappa shape index (κ3) is 3.22. The average molecular weight is 259 g/mol. The predicted molar refractivity (Wildman–Crippen MR) is 68.8 cm³/mol. The summed E-state index contributed by atoms with van der Waals surface area (Å²) in [7, 11) is 1.30. The Morgan fingerprint density at radius 3 is 2.68 bits per heavy atom. The number of furan rings is 1. The number of rotatable bonds is 4. The Hall–Kier alpha value is -2.56. The van der Waals surface area contributed by atoms with Crippen LogP contribution in [0.25, 0.3) is 0 Å². The molecule has 2 aromatic rings. The van der Waals surface area contributed by atoms with Crippen molar-refractivity contribution in [3.8, 4) is 0 Å². The van der Waals surface area contributed by atoms with Gasteiger partial charge in [0.1, 0.15) is 5.76 Å². The van der Waals surface area contributed by atoms with Crippen LogP contribution in [-0.4, -0.2) is 19.0 Å². The lowest BCUT2D eigenvalue weighted by Crippen LogP contribution is -2.16. The van der Waals surface area contributed by atoms with Gasteiger partial charge in [0.05, 0.1) is 31.0 Å². The van der Waals surface area contributed by atoms with Crippen molar-refractivity contribution in [1.82, 2.24) is 0 Å². The SMILES string of the molecule is COC(=O)c1ccccc1NC(=O)Cc1ccco1. The zero-order valence-electron chi connectivity index (χ0n) is 10.4. The number of anilines is 1. The fourth-order valence-electron chi connectivity index (χ4n) is 1.65. The highest BCUT2D eigenvalue weighted by Crippen LogP contribution is 2.16. The van der Waals surface area contributed by atoms with Gasteiger partial charge in [-0.1, -0.05) is 12.1 Å². The van der Waals surface area contributed by atoms with Gasteiger partial charge in [0.25, 0.3) is 0 Å². The first-order valence-electron chi connectivity index (χ1n) is 5.70. The molecule has 0 saturated heterocycles. The number of nitrogens with one attached hydrogen (secondary N) is 1. The van der Waals surface area contributed by atoms with Gasteiger partial charge in [-0.25, -0.2) is 4.79 Å². The summed E-state index contributed by atoms with van der Waals surface area (Å²) in [6.07, 6.45) is 1.62. The molecule has 98 valence electrons. The molecule has 1 amide bonds. The van der Waals surface area contributed by atoms with Crippen molar-refractivity contribution in [2.45, 2.75) is 6.42 Å². The Morgan fingerprint density at radius 1 is 1.21 bits per heavy atom. The molecule has 0 aliphatic heterocycles. The topological polar surface area (TPSA) is 68.5 Å². The molecule has 0 bridgehead atoms. The molecule has 0 radical (unpaired) electrons. The molecule has 0 spiro atoms. The van der Waals surface area contributed by atoms with E-state index in [2.05, 4.69) is 10.1 Å². The van der Waals surface area contributed by atoms with Crippen LogP contribution in [0.15, 0.2) is 47.1 Å². The maximum atomic E-state index is 11.8. The molecule has 1 aromatic heterocycles. The van der Waals surface area contributed by atoms with Gasteiger partial charge in [-0.05, 0) is 24.3 Å². The van der Waals surface area contributed by atoms with Crippen LogP contribution in [0.1, 0.15) is 16.1 Å². The van der Waals surface area contributed by atoms with Crippen LogP contribution in [0.5, 0.6) is 0 Å². The minimum absolute atomic E-state index is 0.114. The number of benzene rings is 1. The molecule has 5 heteroatoms. The Labute approximate surface area is 110 Å². The summed E-state index contributed by atoms with van der Waals surface area (Å²) >= 11 is 0. The standard InChI is InChI=1S/C14H13NO4/c1-18-14(17)11-6-2-3-7-12(11)15-13(16)9-10-5-4-8-19-10/h2-8H,9H2,1H3,(H,15,16). The molecule has 1 aromatic carbocycles. The van der Waals surface area contributed by atoms with Crippen LogP contribution in [-0.2, 0) is 16.0 Å². The zero-order chi connectivity index (χ0) is 13.7. The maximum absolute atomic E-state index is 11.8. The van der Waals surface area contributed by atoms with Crippen LogP contribution < -0.4 is 5.32 Å². The van der Waals surface area contributed by atoms with E-state index in [9.17, 15) is 9.59 Å². The summed E-state index contributed by atoms with van der Waals surface area (Å²) in [5.74, 6) is -0.187. The summed E-state index contributed by atoms with van der Waals surface area (Å²) in [4.78, 5) is 23.4. The normalized spacial score (nSPS) is 9.95. The summed E-state index contributed by atoms with van der Waals surface area (Å²) < 4.78 is 9.74. The van der Waals surface area contributed by atoms with E-state index in [-0.39, 0.29) is 12.3 Å². The third-order valence-electron chi connectivity index (χ3n) is 2.52. The van der Waals surface area contributed by atoms with E-state index < -0.39 is 5.97 Å². The van der Waals surface area contributed by atoms with Gasteiger partial charge < -0.3 is 14.5 Å². The first-order chi connectivity index (χ1) is 9.20. The van der Waals surface area contributed by atoms with Crippen molar-refractivity contribution in [2.24, 2.45) is 0 Å². The lowest BCUT2D eigenvalue weighted by atomic mass is 10.1. The molecule has 5 nitrogen and oxygen atoms in total. The number of hydrogen-bond acceptors (Lipinski definition) is 4. The maximum Gasteiger partial charge on any atom is 0.339 e. The van der Waals surface area contributed by atoms with E-state index in [1.54, 1.807) is 36.4 Å². The van der Waals surface area contributed by atoms with E-state index >= 15 is 0 Å². The number of amides is 1. The zero-order valence-corrected chi connectivity index (χ0v) is 10.4. The molecule has 1 N–H and O–H groups in total. The first-order valence-corrected chi connectivity index (χ1v) is 5.70. The van der Waals surface area contributed by atoms with E-state index in [4.69, 9.17) is 4.42 Å². The molecule has 2 rings (SSSR count). The Kier molecular flexibility index (Phi) is 3.97. The van der Waals surface area contributed by atoms with Crippen molar-refractivity contribution in [3.63, 3.8) is 0 Å².